The second-order valence-electron chi connectivity index (χ2n) is 2.79. The second-order valence-corrected chi connectivity index (χ2v) is 2.79. The van der Waals surface area contributed by atoms with Crippen LogP contribution in [0.25, 0.3) is 0 Å². The highest BCUT2D eigenvalue weighted by molar-refractivity contribution is 6.40. The molecule has 0 radical (unpaired) electrons. The molecular formula is C7H16BNO5. The van der Waals surface area contributed by atoms with Gasteiger partial charge in [-0.15, -0.1) is 0 Å². The first-order valence-electron chi connectivity index (χ1n) is 4.30. The Kier molecular flexibility index (Phi) is 13.8. The smallest absolute Gasteiger partial charge is 0.427 e. The van der Waals surface area contributed by atoms with E-state index in [1.807, 2.05) is 0 Å². The first kappa shape index (κ1) is 15.7. The van der Waals surface area contributed by atoms with E-state index in [0.717, 1.165) is 19.3 Å². The van der Waals surface area contributed by atoms with Crippen LogP contribution in [0, 0.1) is 0 Å². The van der Waals surface area contributed by atoms with Crippen molar-refractivity contribution in [1.29, 1.82) is 0 Å². The Hall–Kier alpha value is -0.715. The van der Waals surface area contributed by atoms with Gasteiger partial charge in [0.15, 0.2) is 0 Å². The third-order valence-corrected chi connectivity index (χ3v) is 1.52. The minimum Gasteiger partial charge on any atom is -0.427 e. The molecule has 0 bridgehead atoms. The molecule has 14 heavy (non-hydrogen) atoms. The summed E-state index contributed by atoms with van der Waals surface area (Å²) in [4.78, 5) is 16.2. The molecule has 0 saturated carbocycles. The molecule has 0 heterocycles. The number of hydrogen-bond donors (Lipinski definition) is 4. The van der Waals surface area contributed by atoms with E-state index in [4.69, 9.17) is 30.5 Å². The van der Waals surface area contributed by atoms with Crippen molar-refractivity contribution in [2.75, 3.05) is 6.61 Å². The second kappa shape index (κ2) is 12.3. The predicted molar refractivity (Wildman–Crippen MR) is 48.9 cm³/mol. The minimum absolute atomic E-state index is 0.00167. The molecule has 1 unspecified atom stereocenters. The summed E-state index contributed by atoms with van der Waals surface area (Å²) >= 11 is 0. The zero-order valence-corrected chi connectivity index (χ0v) is 7.93. The van der Waals surface area contributed by atoms with Gasteiger partial charge in [0.2, 0.25) is 0 Å². The Labute approximate surface area is 82.9 Å². The largest absolute Gasteiger partial charge is 0.451 e. The van der Waals surface area contributed by atoms with Crippen LogP contribution in [0.3, 0.4) is 0 Å². The van der Waals surface area contributed by atoms with Crippen molar-refractivity contribution in [3.05, 3.63) is 0 Å². The van der Waals surface area contributed by atoms with Crippen molar-refractivity contribution >= 4 is 13.3 Å². The molecule has 6 nitrogen and oxygen atoms in total. The quantitative estimate of drug-likeness (QED) is 0.305. The normalized spacial score (nSPS) is 10.9. The van der Waals surface area contributed by atoms with E-state index in [0.29, 0.717) is 6.32 Å². The predicted octanol–water partition coefficient (Wildman–Crippen LogP) is -1.63. The molecule has 0 saturated heterocycles. The Morgan fingerprint density at radius 1 is 1.29 bits per heavy atom. The molecule has 5 N–H and O–H groups in total. The van der Waals surface area contributed by atoms with Crippen LogP contribution < -0.4 is 5.73 Å². The lowest BCUT2D eigenvalue weighted by molar-refractivity contribution is -0.191. The maximum atomic E-state index is 8.52. The standard InChI is InChI=1S/C6H16BNO3.CO2/c8-6(5-9)3-1-2-4-7(10)11;2-1-3/h6,9-11H,1-5,8H2;. The molecule has 0 aromatic carbocycles. The minimum atomic E-state index is -1.21. The number of aliphatic hydroxyl groups is 1. The molecule has 0 rings (SSSR count). The summed E-state index contributed by atoms with van der Waals surface area (Å²) in [5.74, 6) is 0. The van der Waals surface area contributed by atoms with Gasteiger partial charge in [-0.25, -0.2) is 0 Å². The maximum absolute atomic E-state index is 8.52. The van der Waals surface area contributed by atoms with Crippen LogP contribution in [0.4, 0.5) is 0 Å². The highest BCUT2D eigenvalue weighted by Gasteiger charge is 2.06. The molecule has 0 spiro atoms. The highest BCUT2D eigenvalue weighted by atomic mass is 16.4. The molecule has 0 amide bonds. The first-order chi connectivity index (χ1) is 6.58. The molecule has 0 aliphatic heterocycles. The number of hydrogen-bond acceptors (Lipinski definition) is 6. The molecule has 1 atom stereocenters. The summed E-state index contributed by atoms with van der Waals surface area (Å²) in [5, 5.41) is 25.4. The Morgan fingerprint density at radius 3 is 2.14 bits per heavy atom. The van der Waals surface area contributed by atoms with Crippen LogP contribution in [0.15, 0.2) is 0 Å². The number of aliphatic hydroxyl groups excluding tert-OH is 1. The average Bonchev–Trinajstić information content (AvgIpc) is 2.13. The Bertz CT molecular complexity index is 149. The van der Waals surface area contributed by atoms with Gasteiger partial charge in [0.1, 0.15) is 0 Å². The summed E-state index contributed by atoms with van der Waals surface area (Å²) in [5.41, 5.74) is 5.41. The zero-order chi connectivity index (χ0) is 11.4. The average molecular weight is 205 g/mol. The summed E-state index contributed by atoms with van der Waals surface area (Å²) in [7, 11) is -1.21. The van der Waals surface area contributed by atoms with E-state index >= 15 is 0 Å². The van der Waals surface area contributed by atoms with Crippen molar-refractivity contribution in [2.45, 2.75) is 31.6 Å². The van der Waals surface area contributed by atoms with E-state index in [1.165, 1.54) is 0 Å². The van der Waals surface area contributed by atoms with Gasteiger partial charge >= 0.3 is 13.3 Å². The fraction of sp³-hybridized carbons (Fsp3) is 0.857. The molecular weight excluding hydrogens is 189 g/mol. The monoisotopic (exact) mass is 205 g/mol. The van der Waals surface area contributed by atoms with Gasteiger partial charge in [-0.2, -0.15) is 9.59 Å². The summed E-state index contributed by atoms with van der Waals surface area (Å²) in [6, 6.07) is -0.161. The van der Waals surface area contributed by atoms with Crippen LogP contribution >= 0.6 is 0 Å². The molecule has 0 aliphatic rings. The van der Waals surface area contributed by atoms with Gasteiger partial charge in [-0.05, 0) is 12.7 Å². The Balaban J connectivity index is 0. The van der Waals surface area contributed by atoms with Crippen LogP contribution in [-0.4, -0.2) is 41.1 Å². The van der Waals surface area contributed by atoms with E-state index in [-0.39, 0.29) is 18.8 Å². The van der Waals surface area contributed by atoms with E-state index in [9.17, 15) is 0 Å². The summed E-state index contributed by atoms with van der Waals surface area (Å²) in [6.45, 7) is 0.00167. The van der Waals surface area contributed by atoms with Crippen molar-refractivity contribution in [3.8, 4) is 0 Å². The number of rotatable bonds is 6. The summed E-state index contributed by atoms with van der Waals surface area (Å²) < 4.78 is 0. The molecule has 7 heteroatoms. The third-order valence-electron chi connectivity index (χ3n) is 1.52. The molecule has 0 aromatic rings. The van der Waals surface area contributed by atoms with Gasteiger partial charge in [-0.3, -0.25) is 0 Å². The fourth-order valence-corrected chi connectivity index (χ4v) is 0.825. The molecule has 0 aliphatic carbocycles. The van der Waals surface area contributed by atoms with E-state index < -0.39 is 7.12 Å². The third kappa shape index (κ3) is 17.4. The van der Waals surface area contributed by atoms with Crippen molar-refractivity contribution in [3.63, 3.8) is 0 Å². The summed E-state index contributed by atoms with van der Waals surface area (Å²) in [6.07, 6.45) is 2.95. The maximum Gasteiger partial charge on any atom is 0.451 e. The number of nitrogens with two attached hydrogens (primary N) is 1. The van der Waals surface area contributed by atoms with Crippen LogP contribution in [0.1, 0.15) is 19.3 Å². The van der Waals surface area contributed by atoms with Crippen LogP contribution in [0.2, 0.25) is 6.32 Å². The molecule has 82 valence electrons. The lowest BCUT2D eigenvalue weighted by atomic mass is 9.83. The lowest BCUT2D eigenvalue weighted by Gasteiger charge is -2.06. The lowest BCUT2D eigenvalue weighted by Crippen LogP contribution is -2.24. The van der Waals surface area contributed by atoms with E-state index in [2.05, 4.69) is 0 Å². The van der Waals surface area contributed by atoms with Gasteiger partial charge in [0.25, 0.3) is 0 Å². The van der Waals surface area contributed by atoms with Gasteiger partial charge in [-0.1, -0.05) is 12.8 Å². The Morgan fingerprint density at radius 2 is 1.79 bits per heavy atom. The van der Waals surface area contributed by atoms with Gasteiger partial charge < -0.3 is 20.9 Å². The fourth-order valence-electron chi connectivity index (χ4n) is 0.825. The van der Waals surface area contributed by atoms with Crippen LogP contribution in [-0.2, 0) is 9.59 Å². The van der Waals surface area contributed by atoms with Gasteiger partial charge in [0.05, 0.1) is 6.61 Å². The SMILES string of the molecule is NC(CO)CCCCB(O)O.O=C=O. The highest BCUT2D eigenvalue weighted by Crippen LogP contribution is 2.03. The van der Waals surface area contributed by atoms with Gasteiger partial charge in [0, 0.05) is 6.04 Å². The van der Waals surface area contributed by atoms with Crippen molar-refractivity contribution in [1.82, 2.24) is 0 Å². The van der Waals surface area contributed by atoms with Crippen molar-refractivity contribution < 1.29 is 24.7 Å². The molecule has 0 aromatic heterocycles. The number of unbranched alkanes of at least 4 members (excludes halogenated alkanes) is 1. The topological polar surface area (TPSA) is 121 Å². The number of carbonyl (C=O) groups excluding carboxylic acids is 2. The van der Waals surface area contributed by atoms with E-state index in [1.54, 1.807) is 0 Å². The van der Waals surface area contributed by atoms with Crippen molar-refractivity contribution in [2.24, 2.45) is 5.73 Å². The van der Waals surface area contributed by atoms with Crippen LogP contribution in [0.5, 0.6) is 0 Å². The molecule has 0 fully saturated rings. The zero-order valence-electron chi connectivity index (χ0n) is 7.93. The first-order valence-corrected chi connectivity index (χ1v) is 4.30.